The summed E-state index contributed by atoms with van der Waals surface area (Å²) in [6, 6.07) is 24.7. The zero-order valence-electron chi connectivity index (χ0n) is 21.9. The molecule has 0 aliphatic heterocycles. The van der Waals surface area contributed by atoms with Crippen molar-refractivity contribution in [3.8, 4) is 28.7 Å². The third kappa shape index (κ3) is 4.97. The van der Waals surface area contributed by atoms with Crippen LogP contribution in [0.3, 0.4) is 0 Å². The summed E-state index contributed by atoms with van der Waals surface area (Å²) in [7, 11) is 3.12. The maximum absolute atomic E-state index is 13.8. The van der Waals surface area contributed by atoms with Crippen LogP contribution in [0.1, 0.15) is 28.5 Å². The number of ether oxygens (including phenoxy) is 2. The number of benzene rings is 3. The fraction of sp³-hybridized carbons (Fsp3) is 0.194. The van der Waals surface area contributed by atoms with Crippen LogP contribution < -0.4 is 20.7 Å². The molecule has 0 radical (unpaired) electrons. The average Bonchev–Trinajstić information content (AvgIpc) is 3.42. The van der Waals surface area contributed by atoms with E-state index in [-0.39, 0.29) is 17.8 Å². The molecule has 0 fully saturated rings. The quantitative estimate of drug-likeness (QED) is 0.263. The van der Waals surface area contributed by atoms with Gasteiger partial charge in [0, 0.05) is 16.5 Å². The number of thiophene rings is 1. The van der Waals surface area contributed by atoms with Crippen LogP contribution in [0.15, 0.2) is 82.4 Å². The van der Waals surface area contributed by atoms with Crippen LogP contribution in [0.2, 0.25) is 0 Å². The minimum atomic E-state index is -0.381. The van der Waals surface area contributed by atoms with Crippen LogP contribution in [0, 0.1) is 11.3 Å². The third-order valence-electron chi connectivity index (χ3n) is 6.77. The Morgan fingerprint density at radius 1 is 0.897 bits per heavy atom. The number of methoxy groups -OCH3 is 2. The average molecular weight is 538 g/mol. The molecule has 0 N–H and O–H groups in total. The Morgan fingerprint density at radius 3 is 2.36 bits per heavy atom. The van der Waals surface area contributed by atoms with E-state index in [2.05, 4.69) is 6.07 Å². The van der Waals surface area contributed by atoms with Crippen molar-refractivity contribution in [1.29, 1.82) is 5.26 Å². The van der Waals surface area contributed by atoms with Crippen LogP contribution in [-0.4, -0.2) is 23.4 Å². The molecule has 3 aromatic carbocycles. The molecule has 5 aromatic rings. The number of hydrogen-bond acceptors (Lipinski definition) is 6. The van der Waals surface area contributed by atoms with Gasteiger partial charge in [0.1, 0.15) is 16.3 Å². The van der Waals surface area contributed by atoms with Gasteiger partial charge in [0.05, 0.1) is 44.3 Å². The van der Waals surface area contributed by atoms with Crippen molar-refractivity contribution in [3.63, 3.8) is 0 Å². The standard InChI is InChI=1S/C31H27N3O4S/c1-4-25-16-27-29(35)33(19-23-13-14-24(37-2)15-28(23)38-3)31(36)34(30(27)39-25)18-20-9-11-21(12-10-20)26-8-6-5-7-22(26)17-32/h5-16H,4,18-19H2,1-3H3. The Balaban J connectivity index is 1.58. The van der Waals surface area contributed by atoms with Gasteiger partial charge in [0.2, 0.25) is 0 Å². The van der Waals surface area contributed by atoms with Gasteiger partial charge in [-0.25, -0.2) is 4.79 Å². The highest BCUT2D eigenvalue weighted by Crippen LogP contribution is 2.27. The number of nitriles is 1. The fourth-order valence-corrected chi connectivity index (χ4v) is 5.74. The van der Waals surface area contributed by atoms with Crippen molar-refractivity contribution in [2.75, 3.05) is 14.2 Å². The monoisotopic (exact) mass is 537 g/mol. The molecule has 0 aliphatic rings. The van der Waals surface area contributed by atoms with Crippen molar-refractivity contribution in [2.45, 2.75) is 26.4 Å². The minimum Gasteiger partial charge on any atom is -0.497 e. The van der Waals surface area contributed by atoms with Crippen molar-refractivity contribution in [1.82, 2.24) is 9.13 Å². The van der Waals surface area contributed by atoms with Gasteiger partial charge < -0.3 is 9.47 Å². The van der Waals surface area contributed by atoms with Gasteiger partial charge in [0.25, 0.3) is 5.56 Å². The number of rotatable bonds is 8. The molecule has 0 unspecified atom stereocenters. The Hall–Kier alpha value is -4.61. The lowest BCUT2D eigenvalue weighted by atomic mass is 9.99. The predicted molar refractivity (Wildman–Crippen MR) is 154 cm³/mol. The lowest BCUT2D eigenvalue weighted by Crippen LogP contribution is -2.40. The Bertz CT molecular complexity index is 1820. The van der Waals surface area contributed by atoms with Crippen LogP contribution in [-0.2, 0) is 19.5 Å². The number of aryl methyl sites for hydroxylation is 1. The summed E-state index contributed by atoms with van der Waals surface area (Å²) in [4.78, 5) is 29.1. The van der Waals surface area contributed by atoms with E-state index in [4.69, 9.17) is 9.47 Å². The topological polar surface area (TPSA) is 86.2 Å². The molecule has 0 saturated heterocycles. The van der Waals surface area contributed by atoms with E-state index in [9.17, 15) is 14.9 Å². The van der Waals surface area contributed by atoms with Gasteiger partial charge in [0.15, 0.2) is 0 Å². The smallest absolute Gasteiger partial charge is 0.332 e. The number of aromatic nitrogens is 2. The fourth-order valence-electron chi connectivity index (χ4n) is 4.66. The summed E-state index contributed by atoms with van der Waals surface area (Å²) < 4.78 is 13.8. The number of fused-ring (bicyclic) bond motifs is 1. The molecular formula is C31H27N3O4S. The van der Waals surface area contributed by atoms with Crippen molar-refractivity contribution in [2.24, 2.45) is 0 Å². The molecule has 5 rings (SSSR count). The first-order valence-electron chi connectivity index (χ1n) is 12.5. The molecule has 0 atom stereocenters. The number of hydrogen-bond donors (Lipinski definition) is 0. The Morgan fingerprint density at radius 2 is 1.67 bits per heavy atom. The molecule has 0 saturated carbocycles. The minimum absolute atomic E-state index is 0.0714. The summed E-state index contributed by atoms with van der Waals surface area (Å²) in [6.45, 7) is 2.41. The van der Waals surface area contributed by atoms with Crippen molar-refractivity contribution < 1.29 is 9.47 Å². The van der Waals surface area contributed by atoms with Crippen LogP contribution >= 0.6 is 11.3 Å². The Kier molecular flexibility index (Phi) is 7.35. The molecular weight excluding hydrogens is 510 g/mol. The summed E-state index contributed by atoms with van der Waals surface area (Å²) in [5, 5.41) is 10.00. The van der Waals surface area contributed by atoms with Crippen LogP contribution in [0.5, 0.6) is 11.5 Å². The molecule has 196 valence electrons. The van der Waals surface area contributed by atoms with Gasteiger partial charge in [-0.3, -0.25) is 13.9 Å². The largest absolute Gasteiger partial charge is 0.497 e. The third-order valence-corrected chi connectivity index (χ3v) is 8.07. The first kappa shape index (κ1) is 26.0. The molecule has 2 aromatic heterocycles. The van der Waals surface area contributed by atoms with E-state index in [0.29, 0.717) is 39.4 Å². The highest BCUT2D eigenvalue weighted by molar-refractivity contribution is 7.18. The van der Waals surface area contributed by atoms with Gasteiger partial charge in [-0.15, -0.1) is 11.3 Å². The van der Waals surface area contributed by atoms with E-state index in [0.717, 1.165) is 28.0 Å². The Labute approximate surface area is 229 Å². The second-order valence-corrected chi connectivity index (χ2v) is 10.2. The van der Waals surface area contributed by atoms with E-state index in [1.807, 2.05) is 55.5 Å². The lowest BCUT2D eigenvalue weighted by molar-refractivity contribution is 0.389. The molecule has 0 aliphatic carbocycles. The van der Waals surface area contributed by atoms with Crippen LogP contribution in [0.25, 0.3) is 21.3 Å². The van der Waals surface area contributed by atoms with Gasteiger partial charge in [-0.1, -0.05) is 49.4 Å². The van der Waals surface area contributed by atoms with Gasteiger partial charge >= 0.3 is 5.69 Å². The molecule has 0 amide bonds. The molecule has 0 spiro atoms. The molecule has 8 heteroatoms. The summed E-state index contributed by atoms with van der Waals surface area (Å²) >= 11 is 1.48. The first-order chi connectivity index (χ1) is 19.0. The van der Waals surface area contributed by atoms with Crippen molar-refractivity contribution >= 4 is 21.6 Å². The van der Waals surface area contributed by atoms with Crippen molar-refractivity contribution in [3.05, 3.63) is 115 Å². The summed E-state index contributed by atoms with van der Waals surface area (Å²) in [6.07, 6.45) is 0.770. The van der Waals surface area contributed by atoms with E-state index in [1.54, 1.807) is 43.1 Å². The number of nitrogens with zero attached hydrogens (tertiary/aromatic N) is 3. The molecule has 0 bridgehead atoms. The van der Waals surface area contributed by atoms with Gasteiger partial charge in [-0.05, 0) is 47.4 Å². The van der Waals surface area contributed by atoms with Gasteiger partial charge in [-0.2, -0.15) is 5.26 Å². The van der Waals surface area contributed by atoms with Crippen LogP contribution in [0.4, 0.5) is 0 Å². The van der Waals surface area contributed by atoms with E-state index in [1.165, 1.54) is 15.9 Å². The zero-order chi connectivity index (χ0) is 27.5. The predicted octanol–water partition coefficient (Wildman–Crippen LogP) is 5.44. The highest BCUT2D eigenvalue weighted by Gasteiger charge is 2.18. The summed E-state index contributed by atoms with van der Waals surface area (Å²) in [5.41, 5.74) is 3.31. The maximum atomic E-state index is 13.8. The maximum Gasteiger partial charge on any atom is 0.332 e. The second-order valence-electron chi connectivity index (χ2n) is 9.08. The summed E-state index contributed by atoms with van der Waals surface area (Å²) in [5.74, 6) is 1.17. The zero-order valence-corrected chi connectivity index (χ0v) is 22.7. The normalized spacial score (nSPS) is 10.9. The SMILES string of the molecule is CCc1cc2c(=O)n(Cc3ccc(OC)cc3OC)c(=O)n(Cc3ccc(-c4ccccc4C#N)cc3)c2s1. The first-order valence-corrected chi connectivity index (χ1v) is 13.3. The van der Waals surface area contributed by atoms with E-state index < -0.39 is 0 Å². The highest BCUT2D eigenvalue weighted by atomic mass is 32.1. The molecule has 7 nitrogen and oxygen atoms in total. The molecule has 39 heavy (non-hydrogen) atoms. The molecule has 2 heterocycles. The lowest BCUT2D eigenvalue weighted by Gasteiger charge is -2.15. The second kappa shape index (κ2) is 11.0. The van der Waals surface area contributed by atoms with E-state index >= 15 is 0 Å².